The van der Waals surface area contributed by atoms with Gasteiger partial charge in [-0.25, -0.2) is 27.5 Å². The fourth-order valence-electron chi connectivity index (χ4n) is 7.79. The molecule has 8 rings (SSSR count). The van der Waals surface area contributed by atoms with Crippen molar-refractivity contribution in [1.29, 1.82) is 0 Å². The summed E-state index contributed by atoms with van der Waals surface area (Å²) < 4.78 is 70.7. The van der Waals surface area contributed by atoms with E-state index in [4.69, 9.17) is 20.4 Å². The molecule has 7 atom stereocenters. The fraction of sp³-hybridized carbons (Fsp3) is 0.543. The molecule has 5 heterocycles. The summed E-state index contributed by atoms with van der Waals surface area (Å²) in [6.45, 7) is 1.70. The summed E-state index contributed by atoms with van der Waals surface area (Å²) in [5.41, 5.74) is 7.38. The average Bonchev–Trinajstić information content (AvgIpc) is 3.93. The van der Waals surface area contributed by atoms with Gasteiger partial charge in [-0.2, -0.15) is 0 Å². The monoisotopic (exact) mass is 681 g/mol. The SMILES string of the molecule is CO[C@@H]1CCN(C(=O)c2cc(F)c3c(c2)nc(-c2cc4ccc5nc4n2CC(F)(F)CCC[C@@H]2C[C@H]2C(=O)N[C@@H]5C)n3[C@H]2C[C@H]2F)C[C@@H]1N. The van der Waals surface area contributed by atoms with Crippen LogP contribution in [0, 0.1) is 17.7 Å². The van der Waals surface area contributed by atoms with Gasteiger partial charge in [0.15, 0.2) is 5.82 Å². The van der Waals surface area contributed by atoms with Crippen LogP contribution in [0.4, 0.5) is 17.6 Å². The first kappa shape index (κ1) is 32.2. The summed E-state index contributed by atoms with van der Waals surface area (Å²) in [7, 11) is 1.57. The number of nitrogens with zero attached hydrogens (tertiary/aromatic N) is 5. The third-order valence-corrected chi connectivity index (χ3v) is 10.7. The molecule has 1 saturated heterocycles. The smallest absolute Gasteiger partial charge is 0.265 e. The molecular formula is C35H39F4N7O3. The average molecular weight is 682 g/mol. The van der Waals surface area contributed by atoms with Crippen molar-refractivity contribution < 1.29 is 31.9 Å². The van der Waals surface area contributed by atoms with Gasteiger partial charge in [0.25, 0.3) is 11.8 Å². The Morgan fingerprint density at radius 3 is 2.67 bits per heavy atom. The number of ether oxygens (including phenoxy) is 1. The minimum Gasteiger partial charge on any atom is -0.380 e. The molecule has 4 aliphatic rings. The first-order valence-corrected chi connectivity index (χ1v) is 17.0. The van der Waals surface area contributed by atoms with Gasteiger partial charge in [-0.3, -0.25) is 9.59 Å². The number of halogens is 4. The van der Waals surface area contributed by atoms with Crippen molar-refractivity contribution in [2.45, 2.75) is 88.3 Å². The van der Waals surface area contributed by atoms with E-state index in [2.05, 4.69) is 5.32 Å². The van der Waals surface area contributed by atoms with Crippen molar-refractivity contribution in [2.75, 3.05) is 20.2 Å². The number of fused-ring (bicyclic) bond motifs is 3. The Balaban J connectivity index is 1.24. The topological polar surface area (TPSA) is 120 Å². The number of pyridine rings is 1. The Labute approximate surface area is 280 Å². The standard InChI is InChI=1S/C35H39F4N7O3/c1-17-25-6-5-19-13-28(45(31(19)42-25)16-35(38,39)8-3-4-18-10-21(18)33(47)41-17)32-43-26-12-20(11-23(37)30(26)46(32)27-14-22(27)36)34(48)44-9-7-29(49-2)24(40)15-44/h5-6,11-13,17-18,21-22,24,27,29H,3-4,7-10,14-16,40H2,1-2H3,(H,41,47)/t17-,18-,21-,22-,24+,27+,29-/m1/s1. The van der Waals surface area contributed by atoms with E-state index in [1.807, 2.05) is 0 Å². The Kier molecular flexibility index (Phi) is 7.74. The molecular weight excluding hydrogens is 642 g/mol. The van der Waals surface area contributed by atoms with Crippen molar-refractivity contribution in [1.82, 2.24) is 29.3 Å². The Morgan fingerprint density at radius 2 is 1.94 bits per heavy atom. The molecule has 0 spiro atoms. The van der Waals surface area contributed by atoms with Crippen molar-refractivity contribution >= 4 is 33.9 Å². The van der Waals surface area contributed by atoms with Gasteiger partial charge in [0.2, 0.25) is 5.91 Å². The van der Waals surface area contributed by atoms with Crippen molar-refractivity contribution in [3.05, 3.63) is 47.4 Å². The third-order valence-electron chi connectivity index (χ3n) is 10.7. The van der Waals surface area contributed by atoms with Gasteiger partial charge in [-0.15, -0.1) is 0 Å². The van der Waals surface area contributed by atoms with E-state index in [-0.39, 0.29) is 83.4 Å². The number of alkyl halides is 3. The molecule has 3 N–H and O–H groups in total. The normalized spacial score (nSPS) is 29.9. The number of benzene rings is 1. The Hall–Kier alpha value is -4.04. The Morgan fingerprint density at radius 1 is 1.14 bits per heavy atom. The van der Waals surface area contributed by atoms with E-state index < -0.39 is 48.5 Å². The van der Waals surface area contributed by atoms with Crippen LogP contribution in [0.5, 0.6) is 0 Å². The summed E-state index contributed by atoms with van der Waals surface area (Å²) in [6.07, 6.45) is 0.276. The second kappa shape index (κ2) is 11.8. The number of carbonyl (C=O) groups excluding carboxylic acids is 2. The van der Waals surface area contributed by atoms with Crippen LogP contribution in [0.1, 0.15) is 73.6 Å². The van der Waals surface area contributed by atoms with E-state index in [0.29, 0.717) is 36.9 Å². The van der Waals surface area contributed by atoms with Crippen molar-refractivity contribution in [3.63, 3.8) is 0 Å². The van der Waals surface area contributed by atoms with Gasteiger partial charge in [0.05, 0.1) is 41.6 Å². The van der Waals surface area contributed by atoms with Gasteiger partial charge in [0, 0.05) is 56.0 Å². The summed E-state index contributed by atoms with van der Waals surface area (Å²) in [5.74, 6) is -4.38. The predicted octanol–water partition coefficient (Wildman–Crippen LogP) is 5.30. The lowest BCUT2D eigenvalue weighted by atomic mass is 10.0. The molecule has 3 aromatic heterocycles. The van der Waals surface area contributed by atoms with Crippen molar-refractivity contribution in [3.8, 4) is 11.5 Å². The number of imidazole rings is 1. The fourth-order valence-corrected chi connectivity index (χ4v) is 7.79. The first-order chi connectivity index (χ1) is 23.4. The zero-order chi connectivity index (χ0) is 34.4. The number of nitrogens with one attached hydrogen (secondary N) is 1. The lowest BCUT2D eigenvalue weighted by Crippen LogP contribution is -2.53. The van der Waals surface area contributed by atoms with Crippen LogP contribution in [0.3, 0.4) is 0 Å². The van der Waals surface area contributed by atoms with E-state index in [1.165, 1.54) is 15.2 Å². The highest BCUT2D eigenvalue weighted by Gasteiger charge is 2.45. The van der Waals surface area contributed by atoms with Crippen LogP contribution >= 0.6 is 0 Å². The molecule has 14 heteroatoms. The van der Waals surface area contributed by atoms with Crippen LogP contribution in [-0.2, 0) is 16.1 Å². The highest BCUT2D eigenvalue weighted by molar-refractivity contribution is 5.98. The van der Waals surface area contributed by atoms with Gasteiger partial charge < -0.3 is 29.8 Å². The number of hydrogen-bond acceptors (Lipinski definition) is 6. The molecule has 2 bridgehead atoms. The van der Waals surface area contributed by atoms with Gasteiger partial charge in [-0.1, -0.05) is 0 Å². The minimum atomic E-state index is -3.14. The number of carbonyl (C=O) groups is 2. The largest absolute Gasteiger partial charge is 0.380 e. The number of methoxy groups -OCH3 is 1. The number of amides is 2. The van der Waals surface area contributed by atoms with E-state index in [1.54, 1.807) is 37.1 Å². The molecule has 2 aliphatic carbocycles. The zero-order valence-corrected chi connectivity index (χ0v) is 27.3. The summed E-state index contributed by atoms with van der Waals surface area (Å²) >= 11 is 0. The maximum Gasteiger partial charge on any atom is 0.265 e. The number of rotatable bonds is 4. The number of likely N-dealkylation sites (tertiary alicyclic amines) is 1. The molecule has 1 aromatic carbocycles. The lowest BCUT2D eigenvalue weighted by molar-refractivity contribution is -0.123. The van der Waals surface area contributed by atoms with Crippen LogP contribution in [0.2, 0.25) is 0 Å². The zero-order valence-electron chi connectivity index (χ0n) is 27.3. The van der Waals surface area contributed by atoms with Crippen LogP contribution in [0.25, 0.3) is 33.6 Å². The molecule has 0 radical (unpaired) electrons. The highest BCUT2D eigenvalue weighted by Crippen LogP contribution is 2.47. The molecule has 10 nitrogen and oxygen atoms in total. The van der Waals surface area contributed by atoms with E-state index in [0.717, 1.165) is 6.07 Å². The second-order valence-corrected chi connectivity index (χ2v) is 14.3. The van der Waals surface area contributed by atoms with Gasteiger partial charge in [0.1, 0.15) is 23.2 Å². The summed E-state index contributed by atoms with van der Waals surface area (Å²) in [5, 5.41) is 3.57. The van der Waals surface area contributed by atoms with Gasteiger partial charge in [-0.05, 0) is 68.9 Å². The molecule has 2 aliphatic heterocycles. The third kappa shape index (κ3) is 5.76. The number of aromatic nitrogens is 4. The predicted molar refractivity (Wildman–Crippen MR) is 173 cm³/mol. The molecule has 4 aromatic rings. The van der Waals surface area contributed by atoms with Crippen LogP contribution < -0.4 is 11.1 Å². The molecule has 0 unspecified atom stereocenters. The Bertz CT molecular complexity index is 1980. The van der Waals surface area contributed by atoms with Crippen molar-refractivity contribution in [2.24, 2.45) is 17.6 Å². The van der Waals surface area contributed by atoms with E-state index in [9.17, 15) is 14.0 Å². The first-order valence-electron chi connectivity index (χ1n) is 17.0. The van der Waals surface area contributed by atoms with Crippen LogP contribution in [0.15, 0.2) is 30.3 Å². The number of piperidine rings is 1. The lowest BCUT2D eigenvalue weighted by Gasteiger charge is -2.35. The highest BCUT2D eigenvalue weighted by atomic mass is 19.3. The summed E-state index contributed by atoms with van der Waals surface area (Å²) in [6, 6.07) is 6.14. The molecule has 2 amide bonds. The maximum atomic E-state index is 16.1. The molecule has 49 heavy (non-hydrogen) atoms. The summed E-state index contributed by atoms with van der Waals surface area (Å²) in [4.78, 5) is 37.4. The number of nitrogens with two attached hydrogens (primary N) is 1. The minimum absolute atomic E-state index is 0.00108. The second-order valence-electron chi connectivity index (χ2n) is 14.3. The van der Waals surface area contributed by atoms with E-state index >= 15 is 13.2 Å². The molecule has 260 valence electrons. The quantitative estimate of drug-likeness (QED) is 0.283. The number of hydrogen-bond donors (Lipinski definition) is 2. The molecule has 2 saturated carbocycles. The van der Waals surface area contributed by atoms with Gasteiger partial charge >= 0.3 is 0 Å². The molecule has 3 fully saturated rings. The van der Waals surface area contributed by atoms with Crippen LogP contribution in [-0.4, -0.2) is 80.3 Å². The maximum absolute atomic E-state index is 16.1.